The van der Waals surface area contributed by atoms with Crippen LogP contribution in [0.1, 0.15) is 12.0 Å². The van der Waals surface area contributed by atoms with Crippen molar-refractivity contribution in [2.45, 2.75) is 18.2 Å². The van der Waals surface area contributed by atoms with Crippen LogP contribution in [0.4, 0.5) is 17.5 Å². The summed E-state index contributed by atoms with van der Waals surface area (Å²) in [5.74, 6) is 1.17. The molecule has 8 heteroatoms. The van der Waals surface area contributed by atoms with E-state index in [1.54, 1.807) is 30.5 Å². The minimum absolute atomic E-state index is 0.219. The highest BCUT2D eigenvalue weighted by molar-refractivity contribution is 7.89. The van der Waals surface area contributed by atoms with Gasteiger partial charge in [-0.3, -0.25) is 0 Å². The molecule has 0 saturated carbocycles. The van der Waals surface area contributed by atoms with Crippen LogP contribution in [0.15, 0.2) is 35.4 Å². The Kier molecular flexibility index (Phi) is 3.95. The van der Waals surface area contributed by atoms with E-state index >= 15 is 0 Å². The van der Waals surface area contributed by atoms with Gasteiger partial charge in [-0.15, -0.1) is 0 Å². The third-order valence-corrected chi connectivity index (χ3v) is 4.77. The first kappa shape index (κ1) is 14.7. The van der Waals surface area contributed by atoms with Crippen LogP contribution in [0.5, 0.6) is 0 Å². The van der Waals surface area contributed by atoms with Gasteiger partial charge in [-0.2, -0.15) is 4.98 Å². The number of anilines is 3. The maximum atomic E-state index is 12.2. The van der Waals surface area contributed by atoms with Gasteiger partial charge in [0.25, 0.3) is 0 Å². The van der Waals surface area contributed by atoms with Crippen LogP contribution in [-0.4, -0.2) is 31.5 Å². The lowest BCUT2D eigenvalue weighted by Crippen LogP contribution is -2.26. The number of aromatic nitrogens is 2. The van der Waals surface area contributed by atoms with E-state index in [4.69, 9.17) is 0 Å². The van der Waals surface area contributed by atoms with Crippen molar-refractivity contribution in [2.24, 2.45) is 0 Å². The van der Waals surface area contributed by atoms with Crippen molar-refractivity contribution in [1.29, 1.82) is 0 Å². The molecule has 0 aliphatic carbocycles. The molecule has 1 aromatic carbocycles. The highest BCUT2D eigenvalue weighted by atomic mass is 32.2. The van der Waals surface area contributed by atoms with Crippen molar-refractivity contribution >= 4 is 27.5 Å². The molecule has 1 aliphatic heterocycles. The Balaban J connectivity index is 2.02. The van der Waals surface area contributed by atoms with E-state index in [9.17, 15) is 8.42 Å². The van der Waals surface area contributed by atoms with E-state index in [-0.39, 0.29) is 4.90 Å². The van der Waals surface area contributed by atoms with Crippen LogP contribution in [0.25, 0.3) is 0 Å². The monoisotopic (exact) mass is 319 g/mol. The number of hydrogen-bond donors (Lipinski definition) is 3. The second-order valence-corrected chi connectivity index (χ2v) is 6.82. The molecule has 0 saturated heterocycles. The molecule has 0 radical (unpaired) electrons. The molecule has 0 atom stereocenters. The Morgan fingerprint density at radius 2 is 2.09 bits per heavy atom. The van der Waals surface area contributed by atoms with E-state index in [0.29, 0.717) is 31.1 Å². The standard InChI is InChI=1S/C14H17N5O2S/c1-10-9-16-14-18-11-4-2-5-12(8-11)22(20,21)17-7-3-6-15-13(10)19-14/h2,4-5,8-9,17H,3,6-7H2,1H3,(H2,15,16,18,19). The van der Waals surface area contributed by atoms with Crippen molar-refractivity contribution in [3.05, 3.63) is 36.0 Å². The molecule has 4 bridgehead atoms. The molecular weight excluding hydrogens is 302 g/mol. The number of fused-ring (bicyclic) bond motifs is 4. The lowest BCUT2D eigenvalue weighted by atomic mass is 10.3. The maximum absolute atomic E-state index is 12.2. The third kappa shape index (κ3) is 3.18. The molecule has 0 unspecified atom stereocenters. The molecular formula is C14H17N5O2S. The largest absolute Gasteiger partial charge is 0.370 e. The minimum atomic E-state index is -3.50. The van der Waals surface area contributed by atoms with Crippen molar-refractivity contribution in [1.82, 2.24) is 14.7 Å². The van der Waals surface area contributed by atoms with Gasteiger partial charge in [0.05, 0.1) is 4.90 Å². The summed E-state index contributed by atoms with van der Waals surface area (Å²) in [6.07, 6.45) is 2.39. The van der Waals surface area contributed by atoms with Crippen LogP contribution in [0.3, 0.4) is 0 Å². The first-order chi connectivity index (χ1) is 10.5. The molecule has 2 heterocycles. The second-order valence-electron chi connectivity index (χ2n) is 5.06. The first-order valence-corrected chi connectivity index (χ1v) is 8.47. The lowest BCUT2D eigenvalue weighted by molar-refractivity contribution is 0.580. The summed E-state index contributed by atoms with van der Waals surface area (Å²) >= 11 is 0. The fourth-order valence-electron chi connectivity index (χ4n) is 2.14. The Morgan fingerprint density at radius 1 is 1.23 bits per heavy atom. The first-order valence-electron chi connectivity index (χ1n) is 6.99. The van der Waals surface area contributed by atoms with Gasteiger partial charge >= 0.3 is 0 Å². The van der Waals surface area contributed by atoms with Crippen molar-refractivity contribution in [2.75, 3.05) is 23.7 Å². The van der Waals surface area contributed by atoms with Crippen LogP contribution in [0, 0.1) is 6.92 Å². The summed E-state index contributed by atoms with van der Waals surface area (Å²) in [6, 6.07) is 6.59. The van der Waals surface area contributed by atoms with Crippen LogP contribution in [-0.2, 0) is 10.0 Å². The van der Waals surface area contributed by atoms with Gasteiger partial charge in [0, 0.05) is 30.5 Å². The highest BCUT2D eigenvalue weighted by Crippen LogP contribution is 2.20. The van der Waals surface area contributed by atoms with E-state index in [2.05, 4.69) is 25.3 Å². The summed E-state index contributed by atoms with van der Waals surface area (Å²) in [5.41, 5.74) is 1.56. The zero-order valence-corrected chi connectivity index (χ0v) is 12.9. The lowest BCUT2D eigenvalue weighted by Gasteiger charge is -2.10. The topological polar surface area (TPSA) is 96.0 Å². The van der Waals surface area contributed by atoms with E-state index in [0.717, 1.165) is 11.4 Å². The zero-order valence-electron chi connectivity index (χ0n) is 12.1. The number of benzene rings is 1. The van der Waals surface area contributed by atoms with Crippen molar-refractivity contribution in [3.8, 4) is 0 Å². The summed E-state index contributed by atoms with van der Waals surface area (Å²) < 4.78 is 27.0. The van der Waals surface area contributed by atoms with Gasteiger partial charge in [0.2, 0.25) is 16.0 Å². The molecule has 3 N–H and O–H groups in total. The molecule has 0 spiro atoms. The number of sulfonamides is 1. The van der Waals surface area contributed by atoms with Gasteiger partial charge in [-0.25, -0.2) is 18.1 Å². The normalized spacial score (nSPS) is 17.1. The molecule has 2 aromatic rings. The average molecular weight is 319 g/mol. The fourth-order valence-corrected chi connectivity index (χ4v) is 3.26. The van der Waals surface area contributed by atoms with Gasteiger partial charge in [0.15, 0.2) is 0 Å². The number of nitrogens with one attached hydrogen (secondary N) is 3. The highest BCUT2D eigenvalue weighted by Gasteiger charge is 2.15. The van der Waals surface area contributed by atoms with Gasteiger partial charge in [-0.1, -0.05) is 6.07 Å². The Bertz CT molecular complexity index is 792. The quantitative estimate of drug-likeness (QED) is 0.683. The predicted molar refractivity (Wildman–Crippen MR) is 84.8 cm³/mol. The number of aryl methyl sites for hydroxylation is 1. The van der Waals surface area contributed by atoms with Crippen molar-refractivity contribution in [3.63, 3.8) is 0 Å². The molecule has 3 rings (SSSR count). The van der Waals surface area contributed by atoms with Gasteiger partial charge in [0.1, 0.15) is 5.82 Å². The molecule has 116 valence electrons. The van der Waals surface area contributed by atoms with Crippen LogP contribution in [0.2, 0.25) is 0 Å². The summed E-state index contributed by atoms with van der Waals surface area (Å²) in [4.78, 5) is 8.86. The van der Waals surface area contributed by atoms with E-state index < -0.39 is 10.0 Å². The molecule has 1 aromatic heterocycles. The summed E-state index contributed by atoms with van der Waals surface area (Å²) in [7, 11) is -3.50. The molecule has 1 aliphatic rings. The summed E-state index contributed by atoms with van der Waals surface area (Å²) in [5, 5.41) is 6.23. The van der Waals surface area contributed by atoms with Gasteiger partial charge < -0.3 is 10.6 Å². The average Bonchev–Trinajstić information content (AvgIpc) is 2.50. The summed E-state index contributed by atoms with van der Waals surface area (Å²) in [6.45, 7) is 2.91. The predicted octanol–water partition coefficient (Wildman–Crippen LogP) is 1.62. The Labute approximate surface area is 129 Å². The smallest absolute Gasteiger partial charge is 0.240 e. The maximum Gasteiger partial charge on any atom is 0.240 e. The third-order valence-electron chi connectivity index (χ3n) is 3.31. The van der Waals surface area contributed by atoms with Crippen LogP contribution >= 0.6 is 0 Å². The molecule has 0 amide bonds. The van der Waals surface area contributed by atoms with Gasteiger partial charge in [-0.05, 0) is 31.5 Å². The Morgan fingerprint density at radius 3 is 2.95 bits per heavy atom. The Hall–Kier alpha value is -2.19. The number of nitrogens with zero attached hydrogens (tertiary/aromatic N) is 2. The zero-order chi connectivity index (χ0) is 15.6. The molecule has 7 nitrogen and oxygen atoms in total. The number of hydrogen-bond acceptors (Lipinski definition) is 6. The minimum Gasteiger partial charge on any atom is -0.370 e. The van der Waals surface area contributed by atoms with E-state index in [1.165, 1.54) is 0 Å². The van der Waals surface area contributed by atoms with E-state index in [1.807, 2.05) is 6.92 Å². The van der Waals surface area contributed by atoms with Crippen molar-refractivity contribution < 1.29 is 8.42 Å². The van der Waals surface area contributed by atoms with Crippen LogP contribution < -0.4 is 15.4 Å². The number of rotatable bonds is 0. The molecule has 22 heavy (non-hydrogen) atoms. The molecule has 0 fully saturated rings. The SMILES string of the molecule is Cc1cnc2nc1NCCCNS(=O)(=O)c1cccc(c1)N2. The second kappa shape index (κ2) is 5.90. The fraction of sp³-hybridized carbons (Fsp3) is 0.286.